The van der Waals surface area contributed by atoms with Crippen molar-refractivity contribution in [2.75, 3.05) is 5.32 Å². The van der Waals surface area contributed by atoms with Crippen LogP contribution in [0.3, 0.4) is 0 Å². The summed E-state index contributed by atoms with van der Waals surface area (Å²) >= 11 is 5.91. The van der Waals surface area contributed by atoms with Crippen LogP contribution in [0.5, 0.6) is 0 Å². The average molecular weight is 388 g/mol. The van der Waals surface area contributed by atoms with Gasteiger partial charge in [0.1, 0.15) is 11.6 Å². The molecule has 1 aromatic carbocycles. The molecule has 1 amide bonds. The van der Waals surface area contributed by atoms with Crippen LogP contribution in [0.2, 0.25) is 5.02 Å². The minimum atomic E-state index is -0.445. The lowest BCUT2D eigenvalue weighted by Crippen LogP contribution is -2.09. The Morgan fingerprint density at radius 3 is 2.81 bits per heavy atom. The summed E-state index contributed by atoms with van der Waals surface area (Å²) in [5.41, 5.74) is 0.526. The van der Waals surface area contributed by atoms with E-state index in [1.54, 1.807) is 29.1 Å². The van der Waals surface area contributed by atoms with Gasteiger partial charge in [0.2, 0.25) is 5.91 Å². The normalized spacial score (nSPS) is 11.1. The second-order valence-electron chi connectivity index (χ2n) is 5.71. The van der Waals surface area contributed by atoms with E-state index in [4.69, 9.17) is 16.0 Å². The molecule has 138 valence electrons. The smallest absolute Gasteiger partial charge is 0.249 e. The Morgan fingerprint density at radius 2 is 2.11 bits per heavy atom. The molecule has 0 radical (unpaired) electrons. The number of benzene rings is 1. The summed E-state index contributed by atoms with van der Waals surface area (Å²) in [5.74, 6) is 0.217. The Kier molecular flexibility index (Phi) is 5.52. The van der Waals surface area contributed by atoms with Crippen LogP contribution in [0.15, 0.2) is 53.1 Å². The lowest BCUT2D eigenvalue weighted by atomic mass is 10.2. The van der Waals surface area contributed by atoms with Crippen molar-refractivity contribution in [3.8, 4) is 0 Å². The standard InChI is InChI=1S/C19H15ClFN3O3/c1-12(25)17-6-5-15(27-17)11-24-9-8-18(23-24)22-19(26)7-3-13-2-4-14(21)10-16(13)20/h2-10H,11H2,1H3,(H,22,23,26)/b7-3+. The van der Waals surface area contributed by atoms with Crippen LogP contribution in [0.4, 0.5) is 10.2 Å². The number of ketones is 1. The average Bonchev–Trinajstić information content (AvgIpc) is 3.24. The summed E-state index contributed by atoms with van der Waals surface area (Å²) in [5, 5.41) is 7.04. The number of hydrogen-bond acceptors (Lipinski definition) is 4. The van der Waals surface area contributed by atoms with Crippen molar-refractivity contribution in [3.63, 3.8) is 0 Å². The fourth-order valence-electron chi connectivity index (χ4n) is 2.30. The van der Waals surface area contributed by atoms with E-state index in [1.165, 1.54) is 37.3 Å². The first-order valence-corrected chi connectivity index (χ1v) is 8.36. The minimum absolute atomic E-state index is 0.150. The van der Waals surface area contributed by atoms with E-state index in [1.807, 2.05) is 0 Å². The minimum Gasteiger partial charge on any atom is -0.456 e. The SMILES string of the molecule is CC(=O)c1ccc(Cn2ccc(NC(=O)/C=C/c3ccc(F)cc3Cl)n2)o1. The summed E-state index contributed by atoms with van der Waals surface area (Å²) < 4.78 is 20.0. The highest BCUT2D eigenvalue weighted by molar-refractivity contribution is 6.32. The molecular weight excluding hydrogens is 373 g/mol. The molecule has 3 aromatic rings. The van der Waals surface area contributed by atoms with Crippen molar-refractivity contribution >= 4 is 35.2 Å². The summed E-state index contributed by atoms with van der Waals surface area (Å²) in [6, 6.07) is 8.85. The highest BCUT2D eigenvalue weighted by Crippen LogP contribution is 2.18. The Hall–Kier alpha value is -3.19. The van der Waals surface area contributed by atoms with Crippen LogP contribution >= 0.6 is 11.6 Å². The van der Waals surface area contributed by atoms with Crippen LogP contribution in [-0.4, -0.2) is 21.5 Å². The molecule has 2 aromatic heterocycles. The lowest BCUT2D eigenvalue weighted by molar-refractivity contribution is -0.111. The molecule has 0 saturated carbocycles. The van der Waals surface area contributed by atoms with Crippen molar-refractivity contribution in [1.29, 1.82) is 0 Å². The van der Waals surface area contributed by atoms with Gasteiger partial charge in [-0.05, 0) is 35.9 Å². The Balaban J connectivity index is 1.60. The fourth-order valence-corrected chi connectivity index (χ4v) is 2.53. The van der Waals surface area contributed by atoms with Gasteiger partial charge in [0.25, 0.3) is 0 Å². The number of Topliss-reactive ketones (excluding diaryl/α,β-unsaturated/α-hetero) is 1. The second-order valence-corrected chi connectivity index (χ2v) is 6.12. The molecule has 0 aliphatic rings. The number of nitrogens with one attached hydrogen (secondary N) is 1. The van der Waals surface area contributed by atoms with Crippen LogP contribution in [0, 0.1) is 5.82 Å². The number of aromatic nitrogens is 2. The van der Waals surface area contributed by atoms with E-state index in [0.29, 0.717) is 23.7 Å². The molecule has 0 unspecified atom stereocenters. The van der Waals surface area contributed by atoms with Crippen molar-refractivity contribution in [2.24, 2.45) is 0 Å². The van der Waals surface area contributed by atoms with E-state index < -0.39 is 11.7 Å². The molecular formula is C19H15ClFN3O3. The number of carbonyl (C=O) groups excluding carboxylic acids is 2. The molecule has 27 heavy (non-hydrogen) atoms. The quantitative estimate of drug-likeness (QED) is 0.508. The van der Waals surface area contributed by atoms with Crippen LogP contribution in [0.1, 0.15) is 28.8 Å². The van der Waals surface area contributed by atoms with E-state index in [9.17, 15) is 14.0 Å². The number of rotatable bonds is 6. The first-order valence-electron chi connectivity index (χ1n) is 7.98. The molecule has 0 aliphatic carbocycles. The molecule has 0 atom stereocenters. The maximum absolute atomic E-state index is 13.0. The van der Waals surface area contributed by atoms with Gasteiger partial charge in [-0.2, -0.15) is 5.10 Å². The molecule has 2 heterocycles. The number of carbonyl (C=O) groups is 2. The predicted octanol–water partition coefficient (Wildman–Crippen LogP) is 4.17. The molecule has 0 aliphatic heterocycles. The van der Waals surface area contributed by atoms with Gasteiger partial charge in [-0.15, -0.1) is 0 Å². The summed E-state index contributed by atoms with van der Waals surface area (Å²) in [6.07, 6.45) is 4.44. The van der Waals surface area contributed by atoms with Crippen molar-refractivity contribution in [1.82, 2.24) is 9.78 Å². The number of hydrogen-bond donors (Lipinski definition) is 1. The van der Waals surface area contributed by atoms with Gasteiger partial charge in [-0.3, -0.25) is 14.3 Å². The summed E-state index contributed by atoms with van der Waals surface area (Å²) in [6.45, 7) is 1.75. The van der Waals surface area contributed by atoms with Crippen LogP contribution in [0.25, 0.3) is 6.08 Å². The van der Waals surface area contributed by atoms with E-state index >= 15 is 0 Å². The third kappa shape index (κ3) is 4.92. The van der Waals surface area contributed by atoms with Gasteiger partial charge in [0.15, 0.2) is 17.4 Å². The van der Waals surface area contributed by atoms with Crippen LogP contribution < -0.4 is 5.32 Å². The zero-order chi connectivity index (χ0) is 19.4. The van der Waals surface area contributed by atoms with Crippen LogP contribution in [-0.2, 0) is 11.3 Å². The molecule has 0 bridgehead atoms. The zero-order valence-corrected chi connectivity index (χ0v) is 15.0. The lowest BCUT2D eigenvalue weighted by Gasteiger charge is -2.00. The maximum Gasteiger partial charge on any atom is 0.249 e. The molecule has 8 heteroatoms. The Labute approximate surface area is 159 Å². The van der Waals surface area contributed by atoms with E-state index in [-0.39, 0.29) is 16.6 Å². The molecule has 6 nitrogen and oxygen atoms in total. The third-order valence-electron chi connectivity index (χ3n) is 3.60. The molecule has 1 N–H and O–H groups in total. The highest BCUT2D eigenvalue weighted by atomic mass is 35.5. The number of anilines is 1. The molecule has 0 spiro atoms. The summed E-state index contributed by atoms with van der Waals surface area (Å²) in [4.78, 5) is 23.2. The van der Waals surface area contributed by atoms with Gasteiger partial charge >= 0.3 is 0 Å². The topological polar surface area (TPSA) is 77.1 Å². The van der Waals surface area contributed by atoms with E-state index in [0.717, 1.165) is 0 Å². The molecule has 0 fully saturated rings. The first-order chi connectivity index (χ1) is 12.9. The Morgan fingerprint density at radius 1 is 1.30 bits per heavy atom. The van der Waals surface area contributed by atoms with Crippen molar-refractivity contribution in [2.45, 2.75) is 13.5 Å². The third-order valence-corrected chi connectivity index (χ3v) is 3.92. The first kappa shape index (κ1) is 18.6. The van der Waals surface area contributed by atoms with Gasteiger partial charge < -0.3 is 9.73 Å². The van der Waals surface area contributed by atoms with Gasteiger partial charge in [0, 0.05) is 25.3 Å². The van der Waals surface area contributed by atoms with Gasteiger partial charge in [0.05, 0.1) is 11.6 Å². The largest absolute Gasteiger partial charge is 0.456 e. The number of nitrogens with zero attached hydrogens (tertiary/aromatic N) is 2. The second kappa shape index (κ2) is 8.01. The van der Waals surface area contributed by atoms with E-state index in [2.05, 4.69) is 10.4 Å². The number of amides is 1. The zero-order valence-electron chi connectivity index (χ0n) is 14.3. The highest BCUT2D eigenvalue weighted by Gasteiger charge is 2.08. The number of furan rings is 1. The molecule has 0 saturated heterocycles. The van der Waals surface area contributed by atoms with Crippen molar-refractivity contribution < 1.29 is 18.4 Å². The van der Waals surface area contributed by atoms with Crippen molar-refractivity contribution in [3.05, 3.63) is 76.6 Å². The summed E-state index contributed by atoms with van der Waals surface area (Å²) in [7, 11) is 0. The number of halogens is 2. The van der Waals surface area contributed by atoms with Gasteiger partial charge in [-0.1, -0.05) is 17.7 Å². The maximum atomic E-state index is 13.0. The fraction of sp³-hybridized carbons (Fsp3) is 0.105. The Bertz CT molecular complexity index is 1020. The van der Waals surface area contributed by atoms with Gasteiger partial charge in [-0.25, -0.2) is 4.39 Å². The molecule has 3 rings (SSSR count). The monoisotopic (exact) mass is 387 g/mol. The predicted molar refractivity (Wildman–Crippen MR) is 99.1 cm³/mol.